The molecule has 0 amide bonds. The third-order valence-corrected chi connectivity index (χ3v) is 9.13. The van der Waals surface area contributed by atoms with Gasteiger partial charge in [-0.05, 0) is 54.4 Å². The van der Waals surface area contributed by atoms with Gasteiger partial charge in [-0.25, -0.2) is 0 Å². The molecule has 0 radical (unpaired) electrons. The fourth-order valence-corrected chi connectivity index (χ4v) is 5.10. The van der Waals surface area contributed by atoms with Crippen molar-refractivity contribution >= 4 is 11.9 Å². The van der Waals surface area contributed by atoms with Crippen LogP contribution in [0.15, 0.2) is 30.3 Å². The molecule has 1 aromatic rings. The van der Waals surface area contributed by atoms with Crippen molar-refractivity contribution in [2.45, 2.75) is 101 Å². The molecular formula is C30H48O4. The van der Waals surface area contributed by atoms with Crippen LogP contribution < -0.4 is 0 Å². The van der Waals surface area contributed by atoms with Crippen LogP contribution in [-0.4, -0.2) is 18.5 Å². The van der Waals surface area contributed by atoms with E-state index in [0.29, 0.717) is 18.9 Å². The second-order valence-electron chi connectivity index (χ2n) is 12.3. The maximum Gasteiger partial charge on any atom is 0.312 e. The van der Waals surface area contributed by atoms with E-state index in [9.17, 15) is 9.59 Å². The van der Waals surface area contributed by atoms with E-state index in [2.05, 4.69) is 41.5 Å². The van der Waals surface area contributed by atoms with Crippen LogP contribution in [0.25, 0.3) is 0 Å². The first kappa shape index (κ1) is 28.4. The molecule has 2 unspecified atom stereocenters. The van der Waals surface area contributed by atoms with E-state index in [0.717, 1.165) is 18.4 Å². The smallest absolute Gasteiger partial charge is 0.312 e. The summed E-state index contributed by atoms with van der Waals surface area (Å²) in [4.78, 5) is 26.4. The average molecular weight is 473 g/mol. The first-order valence-corrected chi connectivity index (χ1v) is 13.2. The number of ether oxygens (including phenoxy) is 2. The molecule has 1 aliphatic rings. The van der Waals surface area contributed by atoms with Crippen molar-refractivity contribution in [1.29, 1.82) is 0 Å². The lowest BCUT2D eigenvalue weighted by Crippen LogP contribution is -2.48. The van der Waals surface area contributed by atoms with E-state index in [-0.39, 0.29) is 41.2 Å². The Kier molecular flexibility index (Phi) is 9.80. The molecule has 0 aliphatic heterocycles. The third-order valence-electron chi connectivity index (χ3n) is 9.13. The van der Waals surface area contributed by atoms with Gasteiger partial charge in [-0.2, -0.15) is 0 Å². The highest BCUT2D eigenvalue weighted by atomic mass is 16.5. The quantitative estimate of drug-likeness (QED) is 0.311. The summed E-state index contributed by atoms with van der Waals surface area (Å²) in [7, 11) is 0. The van der Waals surface area contributed by atoms with Crippen molar-refractivity contribution in [2.75, 3.05) is 6.61 Å². The Labute approximate surface area is 208 Å². The summed E-state index contributed by atoms with van der Waals surface area (Å²) in [5.74, 6) is 0.00457. The molecule has 0 saturated heterocycles. The highest BCUT2D eigenvalue weighted by Crippen LogP contribution is 2.53. The second kappa shape index (κ2) is 11.7. The molecule has 0 aromatic heterocycles. The summed E-state index contributed by atoms with van der Waals surface area (Å²) in [5.41, 5.74) is -0.335. The Bertz CT molecular complexity index is 789. The second-order valence-corrected chi connectivity index (χ2v) is 12.3. The summed E-state index contributed by atoms with van der Waals surface area (Å²) in [6, 6.07) is 9.75. The molecule has 0 N–H and O–H groups in total. The Hall–Kier alpha value is -1.84. The lowest BCUT2D eigenvalue weighted by Gasteiger charge is -2.49. The van der Waals surface area contributed by atoms with Gasteiger partial charge in [0.1, 0.15) is 6.61 Å². The van der Waals surface area contributed by atoms with Crippen molar-refractivity contribution in [2.24, 2.45) is 34.0 Å². The summed E-state index contributed by atoms with van der Waals surface area (Å²) in [6.07, 6.45) is 6.74. The Balaban J connectivity index is 2.07. The van der Waals surface area contributed by atoms with Crippen molar-refractivity contribution in [3.05, 3.63) is 35.9 Å². The zero-order valence-electron chi connectivity index (χ0n) is 22.9. The van der Waals surface area contributed by atoms with E-state index in [1.807, 2.05) is 44.2 Å². The molecular weight excluding hydrogens is 424 g/mol. The van der Waals surface area contributed by atoms with Gasteiger partial charge in [0.25, 0.3) is 0 Å². The first-order valence-electron chi connectivity index (χ1n) is 13.2. The largest absolute Gasteiger partial charge is 0.465 e. The monoisotopic (exact) mass is 472 g/mol. The topological polar surface area (TPSA) is 52.6 Å². The molecule has 0 bridgehead atoms. The van der Waals surface area contributed by atoms with Crippen molar-refractivity contribution in [1.82, 2.24) is 0 Å². The number of benzene rings is 1. The number of rotatable bonds is 11. The molecule has 4 heteroatoms. The molecule has 1 saturated carbocycles. The van der Waals surface area contributed by atoms with Gasteiger partial charge in [0, 0.05) is 0 Å². The lowest BCUT2D eigenvalue weighted by atomic mass is 9.55. The van der Waals surface area contributed by atoms with Crippen LogP contribution in [0.4, 0.5) is 0 Å². The van der Waals surface area contributed by atoms with Crippen LogP contribution >= 0.6 is 0 Å². The molecule has 1 fully saturated rings. The Morgan fingerprint density at radius 2 is 1.50 bits per heavy atom. The van der Waals surface area contributed by atoms with Gasteiger partial charge in [0.2, 0.25) is 0 Å². The summed E-state index contributed by atoms with van der Waals surface area (Å²) in [5, 5.41) is 0. The van der Waals surface area contributed by atoms with Crippen LogP contribution in [0.1, 0.15) is 99.5 Å². The van der Waals surface area contributed by atoms with Crippen LogP contribution in [0.3, 0.4) is 0 Å². The van der Waals surface area contributed by atoms with Gasteiger partial charge >= 0.3 is 11.9 Å². The fourth-order valence-electron chi connectivity index (χ4n) is 5.10. The number of hydrogen-bond acceptors (Lipinski definition) is 4. The molecule has 34 heavy (non-hydrogen) atoms. The minimum atomic E-state index is -0.622. The van der Waals surface area contributed by atoms with Crippen molar-refractivity contribution in [3.63, 3.8) is 0 Å². The third kappa shape index (κ3) is 6.86. The molecule has 2 rings (SSSR count). The predicted octanol–water partition coefficient (Wildman–Crippen LogP) is 7.59. The summed E-state index contributed by atoms with van der Waals surface area (Å²) in [6.45, 7) is 17.6. The first-order chi connectivity index (χ1) is 15.8. The van der Waals surface area contributed by atoms with Gasteiger partial charge in [-0.1, -0.05) is 98.1 Å². The molecule has 192 valence electrons. The molecule has 1 aromatic carbocycles. The highest BCUT2D eigenvalue weighted by Gasteiger charge is 2.51. The van der Waals surface area contributed by atoms with E-state index in [1.54, 1.807) is 0 Å². The number of hydrogen-bond donors (Lipinski definition) is 0. The molecule has 4 nitrogen and oxygen atoms in total. The zero-order chi connectivity index (χ0) is 25.6. The highest BCUT2D eigenvalue weighted by molar-refractivity contribution is 5.77. The molecule has 1 aliphatic carbocycles. The summed E-state index contributed by atoms with van der Waals surface area (Å²) < 4.78 is 11.6. The van der Waals surface area contributed by atoms with Crippen LogP contribution in [0.2, 0.25) is 0 Å². The van der Waals surface area contributed by atoms with E-state index >= 15 is 0 Å². The standard InChI is InChI=1S/C30H48O4/c1-22(2)30(8,27(32)34-20-25-17-13-10-14-18-25)21-28(4,5)29(6,7)23(3)26(31)33-19-24-15-11-9-12-16-24/h9,11-12,15-16,22-23,25H,10,13-14,17-21H2,1-8H3. The Morgan fingerprint density at radius 1 is 0.912 bits per heavy atom. The average Bonchev–Trinajstić information content (AvgIpc) is 2.81. The minimum Gasteiger partial charge on any atom is -0.465 e. The lowest BCUT2D eigenvalue weighted by molar-refractivity contribution is -0.166. The molecule has 0 heterocycles. The number of carbonyl (C=O) groups excluding carboxylic acids is 2. The van der Waals surface area contributed by atoms with E-state index in [4.69, 9.17) is 9.47 Å². The van der Waals surface area contributed by atoms with Crippen molar-refractivity contribution < 1.29 is 19.1 Å². The fraction of sp³-hybridized carbons (Fsp3) is 0.733. The normalized spacial score (nSPS) is 18.3. The Morgan fingerprint density at radius 3 is 2.06 bits per heavy atom. The van der Waals surface area contributed by atoms with Gasteiger partial charge < -0.3 is 9.47 Å². The minimum absolute atomic E-state index is 0.101. The molecule has 2 atom stereocenters. The SMILES string of the molecule is CC(C)C(C)(CC(C)(C)C(C)(C)C(C)C(=O)OCc1ccccc1)C(=O)OCC1CCCCC1. The van der Waals surface area contributed by atoms with E-state index < -0.39 is 5.41 Å². The zero-order valence-corrected chi connectivity index (χ0v) is 22.9. The maximum atomic E-state index is 13.4. The summed E-state index contributed by atoms with van der Waals surface area (Å²) >= 11 is 0. The van der Waals surface area contributed by atoms with Gasteiger partial charge in [0.15, 0.2) is 0 Å². The number of carbonyl (C=O) groups is 2. The van der Waals surface area contributed by atoms with Crippen LogP contribution in [0, 0.1) is 34.0 Å². The van der Waals surface area contributed by atoms with Crippen LogP contribution in [0.5, 0.6) is 0 Å². The van der Waals surface area contributed by atoms with Gasteiger partial charge in [-0.15, -0.1) is 0 Å². The maximum absolute atomic E-state index is 13.4. The van der Waals surface area contributed by atoms with Crippen LogP contribution in [-0.2, 0) is 25.7 Å². The van der Waals surface area contributed by atoms with Crippen molar-refractivity contribution in [3.8, 4) is 0 Å². The van der Waals surface area contributed by atoms with Gasteiger partial charge in [0.05, 0.1) is 17.9 Å². The van der Waals surface area contributed by atoms with E-state index in [1.165, 1.54) is 19.3 Å². The number of esters is 2. The predicted molar refractivity (Wildman–Crippen MR) is 138 cm³/mol. The molecule has 0 spiro atoms. The van der Waals surface area contributed by atoms with Gasteiger partial charge in [-0.3, -0.25) is 9.59 Å².